The molecule has 7 nitrogen and oxygen atoms in total. The van der Waals surface area contributed by atoms with Gasteiger partial charge in [0.25, 0.3) is 0 Å². The average Bonchev–Trinajstić information content (AvgIpc) is 3.08. The topological polar surface area (TPSA) is 89.2 Å². The van der Waals surface area contributed by atoms with Gasteiger partial charge in [-0.3, -0.25) is 4.90 Å². The van der Waals surface area contributed by atoms with Crippen molar-refractivity contribution in [1.29, 1.82) is 0 Å². The van der Waals surface area contributed by atoms with Gasteiger partial charge in [0, 0.05) is 32.2 Å². The van der Waals surface area contributed by atoms with E-state index < -0.39 is 0 Å². The number of nitrogens with two attached hydrogens (primary N) is 2. The first-order valence-corrected chi connectivity index (χ1v) is 9.27. The largest absolute Gasteiger partial charge is 0.397 e. The summed E-state index contributed by atoms with van der Waals surface area (Å²) in [6.07, 6.45) is 8.39. The first kappa shape index (κ1) is 16.2. The molecule has 1 aliphatic heterocycles. The second-order valence-corrected chi connectivity index (χ2v) is 7.09. The monoisotopic (exact) mass is 341 g/mol. The number of nitrogens with zero attached hydrogens (tertiary/aromatic N) is 5. The van der Waals surface area contributed by atoms with Crippen LogP contribution in [0.15, 0.2) is 24.5 Å². The van der Waals surface area contributed by atoms with E-state index in [0.29, 0.717) is 5.95 Å². The van der Waals surface area contributed by atoms with E-state index in [1.165, 1.54) is 38.4 Å². The van der Waals surface area contributed by atoms with E-state index in [1.54, 1.807) is 4.68 Å². The smallest absolute Gasteiger partial charge is 0.223 e. The molecule has 4 N–H and O–H groups in total. The molecule has 1 saturated carbocycles. The van der Waals surface area contributed by atoms with Crippen LogP contribution in [0, 0.1) is 0 Å². The Kier molecular flexibility index (Phi) is 4.48. The molecule has 4 rings (SSSR count). The number of benzene rings is 1. The predicted molar refractivity (Wildman–Crippen MR) is 101 cm³/mol. The quantitative estimate of drug-likeness (QED) is 0.829. The minimum atomic E-state index is 0.369. The zero-order chi connectivity index (χ0) is 17.2. The molecule has 134 valence electrons. The van der Waals surface area contributed by atoms with Crippen molar-refractivity contribution in [3.8, 4) is 5.69 Å². The van der Waals surface area contributed by atoms with E-state index in [0.717, 1.165) is 49.3 Å². The van der Waals surface area contributed by atoms with E-state index in [9.17, 15) is 0 Å². The molecule has 2 heterocycles. The van der Waals surface area contributed by atoms with E-state index in [4.69, 9.17) is 11.5 Å². The van der Waals surface area contributed by atoms with Crippen LogP contribution in [0.5, 0.6) is 0 Å². The fraction of sp³-hybridized carbons (Fsp3) is 0.556. The molecule has 2 aromatic rings. The molecule has 1 saturated heterocycles. The fourth-order valence-corrected chi connectivity index (χ4v) is 4.19. The second kappa shape index (κ2) is 6.92. The Labute approximate surface area is 148 Å². The molecular weight excluding hydrogens is 314 g/mol. The van der Waals surface area contributed by atoms with E-state index in [-0.39, 0.29) is 0 Å². The van der Waals surface area contributed by atoms with Gasteiger partial charge < -0.3 is 16.4 Å². The number of nitrogen functional groups attached to an aromatic ring is 2. The molecule has 1 aliphatic carbocycles. The van der Waals surface area contributed by atoms with Crippen molar-refractivity contribution in [1.82, 2.24) is 19.7 Å². The van der Waals surface area contributed by atoms with Gasteiger partial charge in [0.05, 0.1) is 17.1 Å². The highest BCUT2D eigenvalue weighted by Crippen LogP contribution is 2.29. The lowest BCUT2D eigenvalue weighted by Gasteiger charge is -2.41. The molecule has 2 aliphatic rings. The summed E-state index contributed by atoms with van der Waals surface area (Å²) in [6.45, 7) is 4.32. The zero-order valence-electron chi connectivity index (χ0n) is 14.6. The van der Waals surface area contributed by atoms with Crippen molar-refractivity contribution in [2.24, 2.45) is 0 Å². The van der Waals surface area contributed by atoms with Crippen molar-refractivity contribution in [2.45, 2.75) is 38.1 Å². The maximum Gasteiger partial charge on any atom is 0.223 e. The van der Waals surface area contributed by atoms with Gasteiger partial charge in [-0.2, -0.15) is 14.8 Å². The summed E-state index contributed by atoms with van der Waals surface area (Å²) in [7, 11) is 0. The molecule has 25 heavy (non-hydrogen) atoms. The van der Waals surface area contributed by atoms with E-state index >= 15 is 0 Å². The normalized spacial score (nSPS) is 20.1. The zero-order valence-corrected chi connectivity index (χ0v) is 14.6. The molecule has 0 radical (unpaired) electrons. The summed E-state index contributed by atoms with van der Waals surface area (Å²) < 4.78 is 1.60. The van der Waals surface area contributed by atoms with Gasteiger partial charge in [-0.15, -0.1) is 0 Å². The van der Waals surface area contributed by atoms with Crippen LogP contribution in [0.25, 0.3) is 5.69 Å². The molecule has 0 spiro atoms. The van der Waals surface area contributed by atoms with Gasteiger partial charge in [-0.05, 0) is 31.0 Å². The maximum atomic E-state index is 6.33. The van der Waals surface area contributed by atoms with Crippen LogP contribution in [-0.4, -0.2) is 51.9 Å². The van der Waals surface area contributed by atoms with Crippen molar-refractivity contribution in [3.63, 3.8) is 0 Å². The Morgan fingerprint density at radius 1 is 0.960 bits per heavy atom. The highest BCUT2D eigenvalue weighted by molar-refractivity contribution is 5.71. The van der Waals surface area contributed by atoms with Crippen LogP contribution < -0.4 is 16.4 Å². The number of piperazine rings is 1. The molecule has 0 amide bonds. The van der Waals surface area contributed by atoms with Gasteiger partial charge in [0.15, 0.2) is 0 Å². The highest BCUT2D eigenvalue weighted by atomic mass is 15.4. The first-order valence-electron chi connectivity index (χ1n) is 9.27. The SMILES string of the molecule is Nc1cc(-n2ncnc2N)ccc1N1CCN(C2CCCCC2)CC1. The minimum absolute atomic E-state index is 0.369. The predicted octanol–water partition coefficient (Wildman–Crippen LogP) is 1.89. The molecule has 1 aromatic heterocycles. The summed E-state index contributed by atoms with van der Waals surface area (Å²) in [5.41, 5.74) is 14.9. The van der Waals surface area contributed by atoms with Crippen LogP contribution in [-0.2, 0) is 0 Å². The summed E-state index contributed by atoms with van der Waals surface area (Å²) in [4.78, 5) is 9.03. The van der Waals surface area contributed by atoms with Crippen LogP contribution in [0.3, 0.4) is 0 Å². The third-order valence-corrected chi connectivity index (χ3v) is 5.58. The van der Waals surface area contributed by atoms with Crippen molar-refractivity contribution >= 4 is 17.3 Å². The Morgan fingerprint density at radius 3 is 2.36 bits per heavy atom. The molecule has 2 fully saturated rings. The summed E-state index contributed by atoms with van der Waals surface area (Å²) >= 11 is 0. The van der Waals surface area contributed by atoms with Crippen LogP contribution in [0.4, 0.5) is 17.3 Å². The number of hydrogen-bond acceptors (Lipinski definition) is 6. The number of rotatable bonds is 3. The summed E-state index contributed by atoms with van der Waals surface area (Å²) in [5, 5.41) is 4.14. The highest BCUT2D eigenvalue weighted by Gasteiger charge is 2.25. The molecule has 0 unspecified atom stereocenters. The fourth-order valence-electron chi connectivity index (χ4n) is 4.19. The number of anilines is 3. The second-order valence-electron chi connectivity index (χ2n) is 7.09. The Bertz CT molecular complexity index is 712. The lowest BCUT2D eigenvalue weighted by atomic mass is 9.94. The van der Waals surface area contributed by atoms with Crippen molar-refractivity contribution < 1.29 is 0 Å². The van der Waals surface area contributed by atoms with Gasteiger partial charge >= 0.3 is 0 Å². The standard InChI is InChI=1S/C18H27N7/c19-16-12-15(25-18(20)21-13-22-25)6-7-17(16)24-10-8-23(9-11-24)14-4-2-1-3-5-14/h6-7,12-14H,1-5,8-11,19H2,(H2,20,21,22). The first-order chi connectivity index (χ1) is 12.2. The average molecular weight is 341 g/mol. The van der Waals surface area contributed by atoms with Gasteiger partial charge in [-0.1, -0.05) is 19.3 Å². The lowest BCUT2D eigenvalue weighted by molar-refractivity contribution is 0.148. The third kappa shape index (κ3) is 3.28. The molecule has 7 heteroatoms. The van der Waals surface area contributed by atoms with Crippen LogP contribution >= 0.6 is 0 Å². The van der Waals surface area contributed by atoms with E-state index in [2.05, 4.69) is 25.9 Å². The van der Waals surface area contributed by atoms with Crippen LogP contribution in [0.1, 0.15) is 32.1 Å². The van der Waals surface area contributed by atoms with Crippen molar-refractivity contribution in [2.75, 3.05) is 42.5 Å². The maximum absolute atomic E-state index is 6.33. The van der Waals surface area contributed by atoms with Gasteiger partial charge in [0.1, 0.15) is 6.33 Å². The number of aromatic nitrogens is 3. The lowest BCUT2D eigenvalue weighted by Crippen LogP contribution is -2.51. The molecular formula is C18H27N7. The third-order valence-electron chi connectivity index (χ3n) is 5.58. The number of hydrogen-bond donors (Lipinski definition) is 2. The molecule has 0 bridgehead atoms. The Balaban J connectivity index is 1.43. The summed E-state index contributed by atoms with van der Waals surface area (Å²) in [6, 6.07) is 6.80. The molecule has 1 aromatic carbocycles. The summed E-state index contributed by atoms with van der Waals surface area (Å²) in [5.74, 6) is 0.369. The van der Waals surface area contributed by atoms with E-state index in [1.807, 2.05) is 12.1 Å². The Morgan fingerprint density at radius 2 is 1.72 bits per heavy atom. The minimum Gasteiger partial charge on any atom is -0.397 e. The van der Waals surface area contributed by atoms with Crippen LogP contribution in [0.2, 0.25) is 0 Å². The Hall–Kier alpha value is -2.28. The van der Waals surface area contributed by atoms with Crippen molar-refractivity contribution in [3.05, 3.63) is 24.5 Å². The van der Waals surface area contributed by atoms with Gasteiger partial charge in [-0.25, -0.2) is 0 Å². The van der Waals surface area contributed by atoms with Gasteiger partial charge in [0.2, 0.25) is 5.95 Å². The molecule has 0 atom stereocenters.